The number of esters is 1. The number of ketones is 1. The van der Waals surface area contributed by atoms with Gasteiger partial charge >= 0.3 is 11.6 Å². The number of halogens is 1. The first-order valence-electron chi connectivity index (χ1n) is 9.17. The van der Waals surface area contributed by atoms with E-state index in [1.807, 2.05) is 0 Å². The molecule has 1 aliphatic rings. The maximum absolute atomic E-state index is 13.1. The Morgan fingerprint density at radius 2 is 1.86 bits per heavy atom. The summed E-state index contributed by atoms with van der Waals surface area (Å²) in [4.78, 5) is 35.8. The van der Waals surface area contributed by atoms with Crippen LogP contribution in [0.15, 0.2) is 51.7 Å². The predicted molar refractivity (Wildman–Crippen MR) is 102 cm³/mol. The second-order valence-electron chi connectivity index (χ2n) is 6.74. The summed E-state index contributed by atoms with van der Waals surface area (Å²) in [6, 6.07) is 10.2. The van der Waals surface area contributed by atoms with Crippen LogP contribution in [0.2, 0.25) is 0 Å². The number of carbonyl (C=O) groups is 2. The molecule has 0 amide bonds. The predicted octanol–water partition coefficient (Wildman–Crippen LogP) is 3.23. The van der Waals surface area contributed by atoms with E-state index in [0.29, 0.717) is 11.3 Å². The molecular weight excluding hydrogens is 379 g/mol. The number of fused-ring (bicyclic) bond motifs is 3. The Kier molecular flexibility index (Phi) is 5.12. The molecule has 29 heavy (non-hydrogen) atoms. The van der Waals surface area contributed by atoms with Gasteiger partial charge < -0.3 is 13.9 Å². The quantitative estimate of drug-likeness (QED) is 0.361. The molecule has 148 valence electrons. The molecule has 0 atom stereocenters. The lowest BCUT2D eigenvalue weighted by molar-refractivity contribution is -0.144. The Morgan fingerprint density at radius 3 is 2.69 bits per heavy atom. The SMILES string of the molecule is O=C(COc1ccc2c3c(c(=O)oc2c1)CCC3)OCC(=O)c1cccc(F)c1. The number of carbonyl (C=O) groups excluding carboxylic acids is 2. The summed E-state index contributed by atoms with van der Waals surface area (Å²) in [5, 5.41) is 0.868. The normalized spacial score (nSPS) is 12.6. The monoisotopic (exact) mass is 396 g/mol. The Bertz CT molecular complexity index is 1160. The zero-order chi connectivity index (χ0) is 20.4. The van der Waals surface area contributed by atoms with Gasteiger partial charge in [-0.1, -0.05) is 12.1 Å². The van der Waals surface area contributed by atoms with Crippen LogP contribution in [-0.2, 0) is 22.4 Å². The summed E-state index contributed by atoms with van der Waals surface area (Å²) >= 11 is 0. The van der Waals surface area contributed by atoms with Gasteiger partial charge in [0.15, 0.2) is 19.0 Å². The molecular formula is C22H17FO6. The van der Waals surface area contributed by atoms with Gasteiger partial charge in [-0.05, 0) is 49.1 Å². The third-order valence-corrected chi connectivity index (χ3v) is 4.81. The van der Waals surface area contributed by atoms with Crippen molar-refractivity contribution in [2.75, 3.05) is 13.2 Å². The van der Waals surface area contributed by atoms with Crippen LogP contribution in [0.25, 0.3) is 11.0 Å². The summed E-state index contributed by atoms with van der Waals surface area (Å²) in [6.45, 7) is -0.929. The van der Waals surface area contributed by atoms with E-state index < -0.39 is 30.8 Å². The molecule has 4 rings (SSSR count). The Hall–Kier alpha value is -3.48. The van der Waals surface area contributed by atoms with Gasteiger partial charge in [-0.2, -0.15) is 0 Å². The lowest BCUT2D eigenvalue weighted by Gasteiger charge is -2.09. The number of hydrogen-bond donors (Lipinski definition) is 0. The van der Waals surface area contributed by atoms with E-state index in [4.69, 9.17) is 13.9 Å². The second-order valence-corrected chi connectivity index (χ2v) is 6.74. The van der Waals surface area contributed by atoms with Crippen molar-refractivity contribution >= 4 is 22.7 Å². The molecule has 0 saturated carbocycles. The van der Waals surface area contributed by atoms with Gasteiger partial charge in [-0.25, -0.2) is 14.0 Å². The van der Waals surface area contributed by atoms with Crippen LogP contribution in [0.5, 0.6) is 5.75 Å². The van der Waals surface area contributed by atoms with E-state index in [0.717, 1.165) is 41.8 Å². The van der Waals surface area contributed by atoms with Crippen molar-refractivity contribution in [1.29, 1.82) is 0 Å². The number of benzene rings is 2. The smallest absolute Gasteiger partial charge is 0.344 e. The van der Waals surface area contributed by atoms with Crippen molar-refractivity contribution in [3.05, 3.63) is 75.4 Å². The van der Waals surface area contributed by atoms with E-state index in [9.17, 15) is 18.8 Å². The van der Waals surface area contributed by atoms with E-state index in [-0.39, 0.29) is 11.2 Å². The zero-order valence-corrected chi connectivity index (χ0v) is 15.4. The largest absolute Gasteiger partial charge is 0.482 e. The minimum Gasteiger partial charge on any atom is -0.482 e. The van der Waals surface area contributed by atoms with Crippen molar-refractivity contribution in [3.63, 3.8) is 0 Å². The molecule has 1 aliphatic carbocycles. The topological polar surface area (TPSA) is 82.8 Å². The van der Waals surface area contributed by atoms with Crippen molar-refractivity contribution in [1.82, 2.24) is 0 Å². The van der Waals surface area contributed by atoms with Crippen LogP contribution in [0.4, 0.5) is 4.39 Å². The zero-order valence-electron chi connectivity index (χ0n) is 15.4. The number of aryl methyl sites for hydroxylation is 1. The molecule has 0 aliphatic heterocycles. The maximum atomic E-state index is 13.1. The molecule has 0 unspecified atom stereocenters. The third kappa shape index (κ3) is 4.03. The van der Waals surface area contributed by atoms with Crippen LogP contribution >= 0.6 is 0 Å². The molecule has 0 radical (unpaired) electrons. The minimum atomic E-state index is -0.745. The van der Waals surface area contributed by atoms with Gasteiger partial charge in [0.1, 0.15) is 17.1 Å². The number of hydrogen-bond acceptors (Lipinski definition) is 6. The number of Topliss-reactive ketones (excluding diaryl/α,β-unsaturated/α-hetero) is 1. The molecule has 1 heterocycles. The average Bonchev–Trinajstić information content (AvgIpc) is 3.21. The Balaban J connectivity index is 1.37. The van der Waals surface area contributed by atoms with Gasteiger partial charge in [0.25, 0.3) is 0 Å². The average molecular weight is 396 g/mol. The van der Waals surface area contributed by atoms with Gasteiger partial charge in [-0.3, -0.25) is 4.79 Å². The third-order valence-electron chi connectivity index (χ3n) is 4.81. The molecule has 0 bridgehead atoms. The fraction of sp³-hybridized carbons (Fsp3) is 0.227. The molecule has 7 heteroatoms. The molecule has 0 N–H and O–H groups in total. The highest BCUT2D eigenvalue weighted by atomic mass is 19.1. The van der Waals surface area contributed by atoms with Crippen LogP contribution in [-0.4, -0.2) is 25.0 Å². The highest BCUT2D eigenvalue weighted by molar-refractivity contribution is 5.98. The van der Waals surface area contributed by atoms with Gasteiger partial charge in [0.2, 0.25) is 0 Å². The van der Waals surface area contributed by atoms with E-state index in [2.05, 4.69) is 0 Å². The summed E-state index contributed by atoms with van der Waals surface area (Å²) < 4.78 is 28.8. The molecule has 6 nitrogen and oxygen atoms in total. The summed E-state index contributed by atoms with van der Waals surface area (Å²) in [6.07, 6.45) is 2.49. The molecule has 1 aromatic heterocycles. The van der Waals surface area contributed by atoms with Crippen LogP contribution in [0, 0.1) is 5.82 Å². The highest BCUT2D eigenvalue weighted by Crippen LogP contribution is 2.29. The molecule has 2 aromatic carbocycles. The fourth-order valence-corrected chi connectivity index (χ4v) is 3.43. The van der Waals surface area contributed by atoms with Crippen LogP contribution < -0.4 is 10.4 Å². The standard InChI is InChI=1S/C22H17FO6/c23-14-4-1-3-13(9-14)19(24)11-28-21(25)12-27-15-7-8-17-16-5-2-6-18(16)22(26)29-20(17)10-15/h1,3-4,7-10H,2,5-6,11-12H2. The van der Waals surface area contributed by atoms with Crippen LogP contribution in [0.1, 0.15) is 27.9 Å². The van der Waals surface area contributed by atoms with Gasteiger partial charge in [0, 0.05) is 22.6 Å². The maximum Gasteiger partial charge on any atom is 0.344 e. The fourth-order valence-electron chi connectivity index (χ4n) is 3.43. The van der Waals surface area contributed by atoms with E-state index >= 15 is 0 Å². The summed E-state index contributed by atoms with van der Waals surface area (Å²) in [5.74, 6) is -1.46. The minimum absolute atomic E-state index is 0.121. The van der Waals surface area contributed by atoms with Crippen LogP contribution in [0.3, 0.4) is 0 Å². The van der Waals surface area contributed by atoms with Crippen molar-refractivity contribution in [2.24, 2.45) is 0 Å². The molecule has 3 aromatic rings. The number of ether oxygens (including phenoxy) is 2. The van der Waals surface area contributed by atoms with Crippen molar-refractivity contribution in [2.45, 2.75) is 19.3 Å². The molecule has 0 spiro atoms. The summed E-state index contributed by atoms with van der Waals surface area (Å²) in [5.41, 5.74) is 1.94. The summed E-state index contributed by atoms with van der Waals surface area (Å²) in [7, 11) is 0. The Morgan fingerprint density at radius 1 is 1.03 bits per heavy atom. The first-order chi connectivity index (χ1) is 14.0. The first-order valence-corrected chi connectivity index (χ1v) is 9.17. The lowest BCUT2D eigenvalue weighted by Crippen LogP contribution is -2.19. The van der Waals surface area contributed by atoms with E-state index in [1.165, 1.54) is 18.2 Å². The second kappa shape index (κ2) is 7.87. The lowest BCUT2D eigenvalue weighted by atomic mass is 10.1. The first kappa shape index (κ1) is 18.9. The highest BCUT2D eigenvalue weighted by Gasteiger charge is 2.20. The van der Waals surface area contributed by atoms with Gasteiger partial charge in [0.05, 0.1) is 0 Å². The Labute approximate surface area is 164 Å². The van der Waals surface area contributed by atoms with Crippen molar-refractivity contribution in [3.8, 4) is 5.75 Å². The van der Waals surface area contributed by atoms with E-state index in [1.54, 1.807) is 18.2 Å². The molecule has 0 saturated heterocycles. The van der Waals surface area contributed by atoms with Gasteiger partial charge in [-0.15, -0.1) is 0 Å². The molecule has 0 fully saturated rings. The van der Waals surface area contributed by atoms with Crippen molar-refractivity contribution < 1.29 is 27.9 Å². The number of rotatable bonds is 6.